The number of nitrogens with zero attached hydrogens (tertiary/aromatic N) is 1. The van der Waals surface area contributed by atoms with Crippen molar-refractivity contribution in [3.63, 3.8) is 0 Å². The van der Waals surface area contributed by atoms with Gasteiger partial charge in [-0.05, 0) is 47.1 Å². The third-order valence-corrected chi connectivity index (χ3v) is 5.55. The maximum absolute atomic E-state index is 13.6. The van der Waals surface area contributed by atoms with Crippen LogP contribution in [0.15, 0.2) is 43.0 Å². The summed E-state index contributed by atoms with van der Waals surface area (Å²) in [6.45, 7) is 12.1. The molecule has 0 spiro atoms. The maximum atomic E-state index is 13.6. The van der Waals surface area contributed by atoms with E-state index in [1.807, 2.05) is 19.9 Å². The molecule has 0 saturated heterocycles. The summed E-state index contributed by atoms with van der Waals surface area (Å²) in [6, 6.07) is 8.90. The zero-order valence-electron chi connectivity index (χ0n) is 18.2. The lowest BCUT2D eigenvalue weighted by Gasteiger charge is -2.27. The second kappa shape index (κ2) is 8.27. The van der Waals surface area contributed by atoms with Crippen molar-refractivity contribution >= 4 is 23.4 Å². The molecule has 0 bridgehead atoms. The predicted octanol–water partition coefficient (Wildman–Crippen LogP) is 4.82. The smallest absolute Gasteiger partial charge is 0.266 e. The first-order valence-electron chi connectivity index (χ1n) is 10.2. The van der Waals surface area contributed by atoms with Gasteiger partial charge in [0.2, 0.25) is 0 Å². The largest absolute Gasteiger partial charge is 0.355 e. The van der Waals surface area contributed by atoms with E-state index in [-0.39, 0.29) is 34.4 Å². The SMILES string of the molecule is C=CCc1c(C(C)C)ccc(C(C)C)c1N1C(=O)c2cccc(C(=O)NC)c2C1=O. The molecule has 1 heterocycles. The van der Waals surface area contributed by atoms with E-state index in [1.54, 1.807) is 24.3 Å². The van der Waals surface area contributed by atoms with E-state index in [0.29, 0.717) is 12.1 Å². The number of amides is 3. The molecule has 2 aromatic rings. The molecule has 3 amide bonds. The van der Waals surface area contributed by atoms with Gasteiger partial charge in [0.05, 0.1) is 22.4 Å². The molecule has 5 heteroatoms. The number of carbonyl (C=O) groups excluding carboxylic acids is 3. The number of allylic oxidation sites excluding steroid dienone is 1. The first-order valence-corrected chi connectivity index (χ1v) is 10.2. The van der Waals surface area contributed by atoms with Crippen molar-refractivity contribution < 1.29 is 14.4 Å². The molecule has 3 rings (SSSR count). The van der Waals surface area contributed by atoms with E-state index in [9.17, 15) is 14.4 Å². The average Bonchev–Trinajstić information content (AvgIpc) is 2.97. The molecule has 1 aliphatic heterocycles. The van der Waals surface area contributed by atoms with E-state index < -0.39 is 11.8 Å². The maximum Gasteiger partial charge on any atom is 0.266 e. The van der Waals surface area contributed by atoms with Crippen molar-refractivity contribution in [1.82, 2.24) is 5.32 Å². The number of anilines is 1. The normalized spacial score (nSPS) is 13.2. The molecule has 0 unspecified atom stereocenters. The lowest BCUT2D eigenvalue weighted by molar-refractivity contribution is 0.0912. The number of fused-ring (bicyclic) bond motifs is 1. The van der Waals surface area contributed by atoms with Crippen molar-refractivity contribution in [2.45, 2.75) is 46.0 Å². The van der Waals surface area contributed by atoms with Gasteiger partial charge in [-0.1, -0.05) is 52.0 Å². The highest BCUT2D eigenvalue weighted by Gasteiger charge is 2.41. The monoisotopic (exact) mass is 404 g/mol. The Hall–Kier alpha value is -3.21. The van der Waals surface area contributed by atoms with E-state index >= 15 is 0 Å². The summed E-state index contributed by atoms with van der Waals surface area (Å²) in [7, 11) is 1.51. The quantitative estimate of drug-likeness (QED) is 0.554. The van der Waals surface area contributed by atoms with Crippen LogP contribution in [0.4, 0.5) is 5.69 Å². The molecule has 0 aliphatic carbocycles. The highest BCUT2D eigenvalue weighted by Crippen LogP contribution is 2.40. The van der Waals surface area contributed by atoms with Crippen molar-refractivity contribution in [3.05, 3.63) is 76.4 Å². The zero-order valence-corrected chi connectivity index (χ0v) is 18.2. The van der Waals surface area contributed by atoms with Crippen molar-refractivity contribution in [2.75, 3.05) is 11.9 Å². The number of nitrogens with one attached hydrogen (secondary N) is 1. The molecule has 0 radical (unpaired) electrons. The van der Waals surface area contributed by atoms with Gasteiger partial charge in [0.25, 0.3) is 17.7 Å². The highest BCUT2D eigenvalue weighted by atomic mass is 16.2. The summed E-state index contributed by atoms with van der Waals surface area (Å²) < 4.78 is 0. The molecule has 156 valence electrons. The third kappa shape index (κ3) is 3.34. The molecule has 30 heavy (non-hydrogen) atoms. The Labute approximate surface area is 177 Å². The van der Waals surface area contributed by atoms with Crippen LogP contribution in [0.25, 0.3) is 0 Å². The topological polar surface area (TPSA) is 66.5 Å². The van der Waals surface area contributed by atoms with Gasteiger partial charge in [-0.2, -0.15) is 0 Å². The van der Waals surface area contributed by atoms with Crippen LogP contribution in [-0.2, 0) is 6.42 Å². The lowest BCUT2D eigenvalue weighted by Crippen LogP contribution is -2.32. The van der Waals surface area contributed by atoms with Gasteiger partial charge in [0.1, 0.15) is 0 Å². The molecule has 1 N–H and O–H groups in total. The first-order chi connectivity index (χ1) is 14.2. The zero-order chi connectivity index (χ0) is 22.2. The fraction of sp³-hybridized carbons (Fsp3) is 0.320. The summed E-state index contributed by atoms with van der Waals surface area (Å²) >= 11 is 0. The number of carbonyl (C=O) groups is 3. The van der Waals surface area contributed by atoms with Crippen LogP contribution in [0.3, 0.4) is 0 Å². The van der Waals surface area contributed by atoms with Gasteiger partial charge < -0.3 is 5.32 Å². The molecule has 0 saturated carbocycles. The fourth-order valence-electron chi connectivity index (χ4n) is 4.11. The Morgan fingerprint density at radius 3 is 2.23 bits per heavy atom. The van der Waals surface area contributed by atoms with Crippen LogP contribution in [0.5, 0.6) is 0 Å². The van der Waals surface area contributed by atoms with Crippen LogP contribution in [0.1, 0.15) is 87.3 Å². The van der Waals surface area contributed by atoms with E-state index in [1.165, 1.54) is 11.9 Å². The van der Waals surface area contributed by atoms with E-state index in [0.717, 1.165) is 16.7 Å². The molecule has 0 aromatic heterocycles. The van der Waals surface area contributed by atoms with Crippen molar-refractivity contribution in [1.29, 1.82) is 0 Å². The molecular formula is C25H28N2O3. The van der Waals surface area contributed by atoms with Crippen LogP contribution in [0.2, 0.25) is 0 Å². The average molecular weight is 405 g/mol. The fourth-order valence-corrected chi connectivity index (χ4v) is 4.11. The molecule has 0 fully saturated rings. The number of hydrogen-bond donors (Lipinski definition) is 1. The Kier molecular flexibility index (Phi) is 5.92. The number of benzene rings is 2. The summed E-state index contributed by atoms with van der Waals surface area (Å²) in [6.07, 6.45) is 2.34. The van der Waals surface area contributed by atoms with Gasteiger partial charge in [0, 0.05) is 7.05 Å². The Morgan fingerprint density at radius 2 is 1.67 bits per heavy atom. The predicted molar refractivity (Wildman–Crippen MR) is 119 cm³/mol. The molecule has 5 nitrogen and oxygen atoms in total. The molecule has 1 aliphatic rings. The molecule has 2 aromatic carbocycles. The summed E-state index contributed by atoms with van der Waals surface area (Å²) in [5.41, 5.74) is 4.20. The minimum Gasteiger partial charge on any atom is -0.355 e. The number of hydrogen-bond acceptors (Lipinski definition) is 3. The van der Waals surface area contributed by atoms with Crippen LogP contribution in [-0.4, -0.2) is 24.8 Å². The van der Waals surface area contributed by atoms with E-state index in [4.69, 9.17) is 0 Å². The second-order valence-electron chi connectivity index (χ2n) is 8.13. The number of rotatable bonds is 6. The van der Waals surface area contributed by atoms with Gasteiger partial charge in [-0.25, -0.2) is 4.90 Å². The second-order valence-corrected chi connectivity index (χ2v) is 8.13. The summed E-state index contributed by atoms with van der Waals surface area (Å²) in [5, 5.41) is 2.55. The lowest BCUT2D eigenvalue weighted by atomic mass is 9.87. The van der Waals surface area contributed by atoms with Crippen LogP contribution >= 0.6 is 0 Å². The van der Waals surface area contributed by atoms with Gasteiger partial charge in [0.15, 0.2) is 0 Å². The van der Waals surface area contributed by atoms with Crippen molar-refractivity contribution in [2.24, 2.45) is 0 Å². The highest BCUT2D eigenvalue weighted by molar-refractivity contribution is 6.36. The van der Waals surface area contributed by atoms with E-state index in [2.05, 4.69) is 31.8 Å². The summed E-state index contributed by atoms with van der Waals surface area (Å²) in [4.78, 5) is 40.6. The third-order valence-electron chi connectivity index (χ3n) is 5.55. The Morgan fingerprint density at radius 1 is 1.03 bits per heavy atom. The van der Waals surface area contributed by atoms with Gasteiger partial charge in [-0.15, -0.1) is 6.58 Å². The van der Waals surface area contributed by atoms with Crippen LogP contribution in [0, 0.1) is 0 Å². The van der Waals surface area contributed by atoms with Gasteiger partial charge in [-0.3, -0.25) is 14.4 Å². The molecular weight excluding hydrogens is 376 g/mol. The van der Waals surface area contributed by atoms with Crippen molar-refractivity contribution in [3.8, 4) is 0 Å². The Balaban J connectivity index is 2.31. The summed E-state index contributed by atoms with van der Waals surface area (Å²) in [5.74, 6) is -0.915. The van der Waals surface area contributed by atoms with Crippen LogP contribution < -0.4 is 10.2 Å². The minimum absolute atomic E-state index is 0.104. The number of imide groups is 1. The first kappa shape index (κ1) is 21.5. The standard InChI is InChI=1S/C25H28N2O3/c1-7-9-18-16(14(2)3)12-13-17(15(4)5)22(18)27-24(29)20-11-8-10-19(23(28)26-6)21(20)25(27)30/h7-8,10-15H,1,9H2,2-6H3,(H,26,28). The minimum atomic E-state index is -0.456. The van der Waals surface area contributed by atoms with Gasteiger partial charge >= 0.3 is 0 Å². The molecule has 0 atom stereocenters. The Bertz CT molecular complexity index is 1050.